The van der Waals surface area contributed by atoms with Gasteiger partial charge in [0.05, 0.1) is 17.6 Å². The monoisotopic (exact) mass is 387 g/mol. The van der Waals surface area contributed by atoms with Gasteiger partial charge in [0.1, 0.15) is 29.7 Å². The topological polar surface area (TPSA) is 58.5 Å². The first-order valence-corrected chi connectivity index (χ1v) is 9.40. The first-order chi connectivity index (χ1) is 14.2. The molecule has 0 bridgehead atoms. The maximum atomic E-state index is 14.1. The van der Waals surface area contributed by atoms with Crippen LogP contribution in [0, 0.1) is 5.82 Å². The molecule has 0 unspecified atom stereocenters. The molecule has 1 N–H and O–H groups in total. The lowest BCUT2D eigenvalue weighted by Crippen LogP contribution is -2.26. The van der Waals surface area contributed by atoms with Crippen LogP contribution in [0.5, 0.6) is 11.5 Å². The van der Waals surface area contributed by atoms with Crippen molar-refractivity contribution >= 4 is 16.7 Å². The van der Waals surface area contributed by atoms with E-state index in [9.17, 15) is 9.50 Å². The van der Waals surface area contributed by atoms with Crippen molar-refractivity contribution in [1.82, 2.24) is 9.97 Å². The summed E-state index contributed by atoms with van der Waals surface area (Å²) in [7, 11) is 0. The smallest absolute Gasteiger partial charge is 0.165 e. The molecule has 1 aliphatic heterocycles. The highest BCUT2D eigenvalue weighted by atomic mass is 19.1. The van der Waals surface area contributed by atoms with E-state index in [4.69, 9.17) is 9.72 Å². The maximum absolute atomic E-state index is 14.1. The van der Waals surface area contributed by atoms with E-state index in [2.05, 4.69) is 9.88 Å². The lowest BCUT2D eigenvalue weighted by atomic mass is 10.1. The van der Waals surface area contributed by atoms with Gasteiger partial charge in [-0.15, -0.1) is 0 Å². The normalized spacial score (nSPS) is 13.6. The maximum Gasteiger partial charge on any atom is 0.165 e. The van der Waals surface area contributed by atoms with Crippen LogP contribution in [-0.2, 0) is 6.54 Å². The van der Waals surface area contributed by atoms with E-state index in [-0.39, 0.29) is 11.6 Å². The van der Waals surface area contributed by atoms with E-state index in [1.807, 2.05) is 30.3 Å². The van der Waals surface area contributed by atoms with Crippen LogP contribution < -0.4 is 9.64 Å². The van der Waals surface area contributed by atoms with Crippen molar-refractivity contribution in [2.75, 3.05) is 18.1 Å². The Bertz CT molecular complexity index is 1210. The number of benzene rings is 3. The van der Waals surface area contributed by atoms with Crippen molar-refractivity contribution in [2.24, 2.45) is 0 Å². The highest BCUT2D eigenvalue weighted by Gasteiger charge is 2.21. The number of para-hydroxylation sites is 2. The first-order valence-electron chi connectivity index (χ1n) is 9.40. The second kappa shape index (κ2) is 7.05. The van der Waals surface area contributed by atoms with Gasteiger partial charge in [0.25, 0.3) is 0 Å². The Morgan fingerprint density at radius 2 is 1.79 bits per heavy atom. The molecule has 2 heterocycles. The van der Waals surface area contributed by atoms with E-state index in [1.54, 1.807) is 24.3 Å². The number of rotatable bonds is 2. The minimum Gasteiger partial charge on any atom is -0.507 e. The van der Waals surface area contributed by atoms with Crippen molar-refractivity contribution in [3.05, 3.63) is 78.1 Å². The number of fused-ring (bicyclic) bond motifs is 2. The van der Waals surface area contributed by atoms with Gasteiger partial charge in [0.15, 0.2) is 5.82 Å². The first kappa shape index (κ1) is 17.4. The van der Waals surface area contributed by atoms with Crippen molar-refractivity contribution in [2.45, 2.75) is 6.54 Å². The largest absolute Gasteiger partial charge is 0.507 e. The standard InChI is InChI=1S/C23H18FN3O2/c24-16-9-10-19-18(13-16)23(26-22(25-19)17-6-2-3-7-20(17)28)27-11-12-29-21-8-4-1-5-15(21)14-27/h1-10,13,28H,11-12,14H2. The van der Waals surface area contributed by atoms with Crippen LogP contribution in [0.3, 0.4) is 0 Å². The lowest BCUT2D eigenvalue weighted by Gasteiger charge is -2.23. The Labute approximate surface area is 167 Å². The predicted molar refractivity (Wildman–Crippen MR) is 110 cm³/mol. The number of phenols is 1. The minimum atomic E-state index is -0.343. The summed E-state index contributed by atoms with van der Waals surface area (Å²) in [4.78, 5) is 11.4. The fourth-order valence-corrected chi connectivity index (χ4v) is 3.62. The molecule has 29 heavy (non-hydrogen) atoms. The summed E-state index contributed by atoms with van der Waals surface area (Å²) in [6, 6.07) is 19.3. The molecule has 5 nitrogen and oxygen atoms in total. The van der Waals surface area contributed by atoms with Crippen molar-refractivity contribution < 1.29 is 14.2 Å². The molecule has 4 aromatic rings. The summed E-state index contributed by atoms with van der Waals surface area (Å²) in [6.45, 7) is 1.67. The van der Waals surface area contributed by atoms with Crippen LogP contribution in [0.2, 0.25) is 0 Å². The molecule has 0 aliphatic carbocycles. The summed E-state index contributed by atoms with van der Waals surface area (Å²) in [5, 5.41) is 10.9. The van der Waals surface area contributed by atoms with Gasteiger partial charge in [-0.25, -0.2) is 14.4 Å². The molecule has 1 aliphatic rings. The van der Waals surface area contributed by atoms with Gasteiger partial charge in [-0.2, -0.15) is 0 Å². The number of ether oxygens (including phenoxy) is 1. The van der Waals surface area contributed by atoms with Crippen LogP contribution in [-0.4, -0.2) is 28.2 Å². The molecule has 0 amide bonds. The molecule has 1 aromatic heterocycles. The highest BCUT2D eigenvalue weighted by molar-refractivity contribution is 5.91. The molecule has 5 rings (SSSR count). The predicted octanol–water partition coefficient (Wildman–Crippen LogP) is 4.54. The summed E-state index contributed by atoms with van der Waals surface area (Å²) in [5.41, 5.74) is 2.19. The van der Waals surface area contributed by atoms with Gasteiger partial charge in [-0.3, -0.25) is 0 Å². The molecule has 0 fully saturated rings. The Morgan fingerprint density at radius 1 is 0.966 bits per heavy atom. The van der Waals surface area contributed by atoms with Crippen LogP contribution in [0.1, 0.15) is 5.56 Å². The number of phenolic OH excluding ortho intramolecular Hbond substituents is 1. The van der Waals surface area contributed by atoms with Crippen LogP contribution in [0.25, 0.3) is 22.3 Å². The van der Waals surface area contributed by atoms with Crippen LogP contribution in [0.4, 0.5) is 10.2 Å². The van der Waals surface area contributed by atoms with Crippen molar-refractivity contribution in [3.63, 3.8) is 0 Å². The number of halogens is 1. The van der Waals surface area contributed by atoms with Crippen molar-refractivity contribution in [1.29, 1.82) is 0 Å². The Kier molecular flexibility index (Phi) is 4.24. The number of nitrogens with zero attached hydrogens (tertiary/aromatic N) is 3. The summed E-state index contributed by atoms with van der Waals surface area (Å²) >= 11 is 0. The molecular formula is C23H18FN3O2. The van der Waals surface area contributed by atoms with Gasteiger partial charge in [0, 0.05) is 17.5 Å². The van der Waals surface area contributed by atoms with Crippen LogP contribution in [0.15, 0.2) is 66.7 Å². The fourth-order valence-electron chi connectivity index (χ4n) is 3.62. The Hall–Kier alpha value is -3.67. The zero-order chi connectivity index (χ0) is 19.8. The summed E-state index contributed by atoms with van der Waals surface area (Å²) in [6.07, 6.45) is 0. The molecule has 0 atom stereocenters. The number of aromatic nitrogens is 2. The Balaban J connectivity index is 1.69. The molecule has 0 radical (unpaired) electrons. The molecule has 0 spiro atoms. The SMILES string of the molecule is Oc1ccccc1-c1nc(N2CCOc3ccccc3C2)c2cc(F)ccc2n1. The highest BCUT2D eigenvalue weighted by Crippen LogP contribution is 2.33. The molecule has 3 aromatic carbocycles. The van der Waals surface area contributed by atoms with Gasteiger partial charge in [-0.05, 0) is 36.4 Å². The fraction of sp³-hybridized carbons (Fsp3) is 0.130. The number of anilines is 1. The minimum absolute atomic E-state index is 0.101. The second-order valence-corrected chi connectivity index (χ2v) is 6.93. The average molecular weight is 387 g/mol. The third-order valence-electron chi connectivity index (χ3n) is 5.03. The third-order valence-corrected chi connectivity index (χ3v) is 5.03. The van der Waals surface area contributed by atoms with E-state index in [0.29, 0.717) is 47.8 Å². The van der Waals surface area contributed by atoms with Crippen LogP contribution >= 0.6 is 0 Å². The zero-order valence-corrected chi connectivity index (χ0v) is 15.5. The quantitative estimate of drug-likeness (QED) is 0.547. The molecule has 144 valence electrons. The number of hydrogen-bond donors (Lipinski definition) is 1. The third kappa shape index (κ3) is 3.23. The van der Waals surface area contributed by atoms with E-state index >= 15 is 0 Å². The number of hydrogen-bond acceptors (Lipinski definition) is 5. The Morgan fingerprint density at radius 3 is 2.69 bits per heavy atom. The molecule has 0 saturated carbocycles. The zero-order valence-electron chi connectivity index (χ0n) is 15.5. The van der Waals surface area contributed by atoms with E-state index in [0.717, 1.165) is 11.3 Å². The lowest BCUT2D eigenvalue weighted by molar-refractivity contribution is 0.331. The van der Waals surface area contributed by atoms with E-state index in [1.165, 1.54) is 12.1 Å². The van der Waals surface area contributed by atoms with Gasteiger partial charge < -0.3 is 14.7 Å². The number of aromatic hydroxyl groups is 1. The molecular weight excluding hydrogens is 369 g/mol. The van der Waals surface area contributed by atoms with Gasteiger partial charge >= 0.3 is 0 Å². The van der Waals surface area contributed by atoms with Gasteiger partial charge in [0.2, 0.25) is 0 Å². The average Bonchev–Trinajstić information content (AvgIpc) is 2.96. The van der Waals surface area contributed by atoms with Crippen molar-refractivity contribution in [3.8, 4) is 22.9 Å². The summed E-state index contributed by atoms with van der Waals surface area (Å²) in [5.74, 6) is 1.62. The molecule has 0 saturated heterocycles. The molecule has 6 heteroatoms. The second-order valence-electron chi connectivity index (χ2n) is 6.93. The van der Waals surface area contributed by atoms with E-state index < -0.39 is 0 Å². The summed E-state index contributed by atoms with van der Waals surface area (Å²) < 4.78 is 19.9. The van der Waals surface area contributed by atoms with Gasteiger partial charge in [-0.1, -0.05) is 30.3 Å².